The summed E-state index contributed by atoms with van der Waals surface area (Å²) in [7, 11) is 0. The lowest BCUT2D eigenvalue weighted by molar-refractivity contribution is -0.682. The zero-order valence-corrected chi connectivity index (χ0v) is 13.2. The second kappa shape index (κ2) is 7.68. The minimum atomic E-state index is -0.849. The maximum Gasteiger partial charge on any atom is 0.275 e. The summed E-state index contributed by atoms with van der Waals surface area (Å²) in [5, 5.41) is 4.93. The molecule has 1 saturated carbocycles. The Morgan fingerprint density at radius 1 is 1.32 bits per heavy atom. The molecule has 3 N–H and O–H groups in total. The highest BCUT2D eigenvalue weighted by molar-refractivity contribution is 5.77. The van der Waals surface area contributed by atoms with Crippen molar-refractivity contribution < 1.29 is 18.9 Å². The van der Waals surface area contributed by atoms with E-state index < -0.39 is 11.6 Å². The Bertz CT molecular complexity index is 521. The molecule has 3 atom stereocenters. The van der Waals surface area contributed by atoms with E-state index >= 15 is 0 Å². The number of rotatable bonds is 5. The van der Waals surface area contributed by atoms with Gasteiger partial charge in [0.05, 0.1) is 0 Å². The van der Waals surface area contributed by atoms with Crippen LogP contribution in [0.4, 0.5) is 8.78 Å². The molecule has 2 rings (SSSR count). The van der Waals surface area contributed by atoms with Crippen LogP contribution in [-0.2, 0) is 4.79 Å². The Labute approximate surface area is 130 Å². The maximum absolute atomic E-state index is 13.2. The van der Waals surface area contributed by atoms with Crippen molar-refractivity contribution in [2.24, 2.45) is 5.92 Å². The Kier molecular flexibility index (Phi) is 5.89. The highest BCUT2D eigenvalue weighted by Gasteiger charge is 2.23. The molecule has 1 aromatic carbocycles. The van der Waals surface area contributed by atoms with E-state index in [2.05, 4.69) is 12.2 Å². The summed E-state index contributed by atoms with van der Waals surface area (Å²) in [5.74, 6) is -1.16. The number of carbonyl (C=O) groups excluding carboxylic acids is 1. The monoisotopic (exact) mass is 311 g/mol. The van der Waals surface area contributed by atoms with Crippen LogP contribution in [-0.4, -0.2) is 18.5 Å². The van der Waals surface area contributed by atoms with Crippen LogP contribution in [0.5, 0.6) is 0 Å². The molecule has 0 spiro atoms. The van der Waals surface area contributed by atoms with E-state index in [1.54, 1.807) is 6.07 Å². The summed E-state index contributed by atoms with van der Waals surface area (Å²) in [6.45, 7) is 4.35. The van der Waals surface area contributed by atoms with Gasteiger partial charge in [-0.05, 0) is 43.9 Å². The third-order valence-electron chi connectivity index (χ3n) is 4.58. The molecule has 122 valence electrons. The third kappa shape index (κ3) is 4.50. The van der Waals surface area contributed by atoms with Gasteiger partial charge in [-0.1, -0.05) is 19.8 Å². The highest BCUT2D eigenvalue weighted by atomic mass is 19.2. The van der Waals surface area contributed by atoms with Crippen LogP contribution in [0.1, 0.15) is 51.1 Å². The van der Waals surface area contributed by atoms with Crippen LogP contribution in [0.3, 0.4) is 0 Å². The fourth-order valence-electron chi connectivity index (χ4n) is 3.01. The van der Waals surface area contributed by atoms with Crippen molar-refractivity contribution in [2.45, 2.75) is 51.6 Å². The van der Waals surface area contributed by atoms with Gasteiger partial charge in [-0.3, -0.25) is 4.79 Å². The number of nitrogens with two attached hydrogens (primary N) is 1. The Morgan fingerprint density at radius 3 is 2.73 bits per heavy atom. The highest BCUT2D eigenvalue weighted by Crippen LogP contribution is 2.23. The van der Waals surface area contributed by atoms with E-state index in [1.165, 1.54) is 25.3 Å². The Balaban J connectivity index is 1.81. The standard InChI is InChI=1S/C17H24F2N2O/c1-11-5-3-4-6-16(11)21-17(22)10-20-12(2)13-7-8-14(18)15(19)9-13/h7-9,11-12,16,20H,3-6,10H2,1-2H3,(H,21,22)/p+1/t11-,12+,16+/m1/s1. The van der Waals surface area contributed by atoms with Crippen molar-refractivity contribution in [3.8, 4) is 0 Å². The van der Waals surface area contributed by atoms with Crippen LogP contribution < -0.4 is 10.6 Å². The molecule has 1 aliphatic carbocycles. The molecule has 22 heavy (non-hydrogen) atoms. The number of nitrogens with one attached hydrogen (secondary N) is 1. The normalized spacial score (nSPS) is 23.1. The van der Waals surface area contributed by atoms with Gasteiger partial charge in [0.25, 0.3) is 5.91 Å². The fraction of sp³-hybridized carbons (Fsp3) is 0.588. The molecular weight excluding hydrogens is 286 g/mol. The average molecular weight is 311 g/mol. The van der Waals surface area contributed by atoms with Crippen LogP contribution >= 0.6 is 0 Å². The topological polar surface area (TPSA) is 45.7 Å². The first-order valence-electron chi connectivity index (χ1n) is 8.05. The predicted molar refractivity (Wildman–Crippen MR) is 81.1 cm³/mol. The number of benzene rings is 1. The summed E-state index contributed by atoms with van der Waals surface area (Å²) in [6, 6.07) is 4.05. The van der Waals surface area contributed by atoms with Crippen molar-refractivity contribution >= 4 is 5.91 Å². The molecule has 1 aromatic rings. The quantitative estimate of drug-likeness (QED) is 0.861. The molecule has 0 heterocycles. The minimum Gasteiger partial charge on any atom is -0.348 e. The van der Waals surface area contributed by atoms with Gasteiger partial charge < -0.3 is 10.6 Å². The SMILES string of the molecule is C[C@H]([NH2+]CC(=O)N[C@H]1CCCC[C@H]1C)c1ccc(F)c(F)c1. The summed E-state index contributed by atoms with van der Waals surface area (Å²) in [6.07, 6.45) is 4.63. The van der Waals surface area contributed by atoms with Gasteiger partial charge in [-0.2, -0.15) is 0 Å². The molecule has 0 unspecified atom stereocenters. The molecule has 0 aliphatic heterocycles. The zero-order chi connectivity index (χ0) is 16.1. The number of quaternary nitrogens is 1. The minimum absolute atomic E-state index is 0.00758. The summed E-state index contributed by atoms with van der Waals surface area (Å²) >= 11 is 0. The van der Waals surface area contributed by atoms with Crippen molar-refractivity contribution in [2.75, 3.05) is 6.54 Å². The molecular formula is C17H25F2N2O+. The fourth-order valence-corrected chi connectivity index (χ4v) is 3.01. The van der Waals surface area contributed by atoms with Crippen molar-refractivity contribution in [1.82, 2.24) is 5.32 Å². The smallest absolute Gasteiger partial charge is 0.275 e. The first kappa shape index (κ1) is 16.9. The van der Waals surface area contributed by atoms with Gasteiger partial charge in [0.1, 0.15) is 6.04 Å². The van der Waals surface area contributed by atoms with E-state index in [9.17, 15) is 13.6 Å². The molecule has 1 aliphatic rings. The van der Waals surface area contributed by atoms with E-state index in [0.717, 1.165) is 12.5 Å². The van der Waals surface area contributed by atoms with Gasteiger partial charge in [-0.25, -0.2) is 8.78 Å². The summed E-state index contributed by atoms with van der Waals surface area (Å²) in [5.41, 5.74) is 0.678. The van der Waals surface area contributed by atoms with Crippen LogP contribution in [0.15, 0.2) is 18.2 Å². The Hall–Kier alpha value is -1.49. The average Bonchev–Trinajstić information content (AvgIpc) is 2.50. The van der Waals surface area contributed by atoms with E-state index in [-0.39, 0.29) is 18.0 Å². The number of carbonyl (C=O) groups is 1. The van der Waals surface area contributed by atoms with Gasteiger partial charge in [-0.15, -0.1) is 0 Å². The summed E-state index contributed by atoms with van der Waals surface area (Å²) in [4.78, 5) is 12.0. The second-order valence-corrected chi connectivity index (χ2v) is 6.34. The number of amides is 1. The summed E-state index contributed by atoms with van der Waals surface area (Å²) < 4.78 is 26.1. The lowest BCUT2D eigenvalue weighted by Crippen LogP contribution is -2.87. The van der Waals surface area contributed by atoms with Gasteiger partial charge in [0, 0.05) is 11.6 Å². The molecule has 3 nitrogen and oxygen atoms in total. The lowest BCUT2D eigenvalue weighted by Gasteiger charge is -2.29. The molecule has 0 radical (unpaired) electrons. The van der Waals surface area contributed by atoms with Gasteiger partial charge in [0.2, 0.25) is 0 Å². The molecule has 0 bridgehead atoms. The largest absolute Gasteiger partial charge is 0.348 e. The predicted octanol–water partition coefficient (Wildman–Crippen LogP) is 2.28. The van der Waals surface area contributed by atoms with Crippen LogP contribution in [0, 0.1) is 17.6 Å². The van der Waals surface area contributed by atoms with Crippen LogP contribution in [0.2, 0.25) is 0 Å². The zero-order valence-electron chi connectivity index (χ0n) is 13.2. The third-order valence-corrected chi connectivity index (χ3v) is 4.58. The maximum atomic E-state index is 13.2. The van der Waals surface area contributed by atoms with Crippen LogP contribution in [0.25, 0.3) is 0 Å². The van der Waals surface area contributed by atoms with E-state index in [1.807, 2.05) is 12.2 Å². The molecule has 0 aromatic heterocycles. The lowest BCUT2D eigenvalue weighted by atomic mass is 9.86. The number of hydrogen-bond donors (Lipinski definition) is 2. The van der Waals surface area contributed by atoms with Crippen molar-refractivity contribution in [1.29, 1.82) is 0 Å². The van der Waals surface area contributed by atoms with Gasteiger partial charge in [0.15, 0.2) is 18.2 Å². The first-order valence-corrected chi connectivity index (χ1v) is 8.05. The molecule has 1 fully saturated rings. The molecule has 0 saturated heterocycles. The Morgan fingerprint density at radius 2 is 2.05 bits per heavy atom. The number of halogens is 2. The molecule has 5 heteroatoms. The van der Waals surface area contributed by atoms with Gasteiger partial charge >= 0.3 is 0 Å². The van der Waals surface area contributed by atoms with E-state index in [4.69, 9.17) is 0 Å². The van der Waals surface area contributed by atoms with Crippen molar-refractivity contribution in [3.63, 3.8) is 0 Å². The second-order valence-electron chi connectivity index (χ2n) is 6.34. The first-order chi connectivity index (χ1) is 10.5. The van der Waals surface area contributed by atoms with Crippen molar-refractivity contribution in [3.05, 3.63) is 35.4 Å². The van der Waals surface area contributed by atoms with E-state index in [0.29, 0.717) is 18.0 Å². The molecule has 1 amide bonds. The number of hydrogen-bond acceptors (Lipinski definition) is 1.